The van der Waals surface area contributed by atoms with Crippen molar-refractivity contribution < 1.29 is 4.74 Å². The van der Waals surface area contributed by atoms with Crippen molar-refractivity contribution in [2.24, 2.45) is 0 Å². The maximum atomic E-state index is 5.94. The van der Waals surface area contributed by atoms with Gasteiger partial charge in [0.05, 0.1) is 6.04 Å². The van der Waals surface area contributed by atoms with E-state index in [0.29, 0.717) is 6.61 Å². The molecule has 1 N–H and O–H groups in total. The zero-order valence-electron chi connectivity index (χ0n) is 12.7. The second-order valence-corrected chi connectivity index (χ2v) is 5.39. The minimum absolute atomic E-state index is 0.205. The summed E-state index contributed by atoms with van der Waals surface area (Å²) in [6.07, 6.45) is 0. The molecule has 2 heteroatoms. The highest BCUT2D eigenvalue weighted by Gasteiger charge is 2.10. The summed E-state index contributed by atoms with van der Waals surface area (Å²) >= 11 is 0. The molecule has 1 unspecified atom stereocenters. The van der Waals surface area contributed by atoms with Gasteiger partial charge >= 0.3 is 0 Å². The number of aryl methyl sites for hydroxylation is 3. The summed E-state index contributed by atoms with van der Waals surface area (Å²) in [5, 5.41) is 3.31. The molecule has 0 aliphatic carbocycles. The van der Waals surface area contributed by atoms with E-state index in [1.165, 1.54) is 22.3 Å². The van der Waals surface area contributed by atoms with E-state index in [9.17, 15) is 0 Å². The Labute approximate surface area is 121 Å². The lowest BCUT2D eigenvalue weighted by molar-refractivity contribution is 0.273. The fourth-order valence-corrected chi connectivity index (χ4v) is 2.34. The fraction of sp³-hybridized carbons (Fsp3) is 0.333. The summed E-state index contributed by atoms with van der Waals surface area (Å²) in [5.41, 5.74) is 4.99. The van der Waals surface area contributed by atoms with E-state index in [0.717, 1.165) is 5.75 Å². The standard InChI is InChI=1S/C18H23NO/c1-13-5-7-16(8-6-13)18(19-4)12-20-17-10-14(2)9-15(3)11-17/h5-11,18-19H,12H2,1-4H3. The Morgan fingerprint density at radius 2 is 1.50 bits per heavy atom. The number of rotatable bonds is 5. The van der Waals surface area contributed by atoms with Crippen molar-refractivity contribution in [1.82, 2.24) is 5.32 Å². The molecule has 0 saturated heterocycles. The van der Waals surface area contributed by atoms with Gasteiger partial charge in [-0.25, -0.2) is 0 Å². The maximum absolute atomic E-state index is 5.94. The summed E-state index contributed by atoms with van der Waals surface area (Å²) in [4.78, 5) is 0. The topological polar surface area (TPSA) is 21.3 Å². The monoisotopic (exact) mass is 269 g/mol. The van der Waals surface area contributed by atoms with Gasteiger partial charge in [-0.1, -0.05) is 35.9 Å². The molecule has 0 bridgehead atoms. The van der Waals surface area contributed by atoms with Crippen LogP contribution in [0.15, 0.2) is 42.5 Å². The summed E-state index contributed by atoms with van der Waals surface area (Å²) in [7, 11) is 1.97. The second-order valence-electron chi connectivity index (χ2n) is 5.39. The van der Waals surface area contributed by atoms with Gasteiger partial charge in [0.25, 0.3) is 0 Å². The zero-order chi connectivity index (χ0) is 14.5. The Hall–Kier alpha value is -1.80. The molecule has 2 nitrogen and oxygen atoms in total. The first-order valence-corrected chi connectivity index (χ1v) is 7.03. The van der Waals surface area contributed by atoms with Crippen molar-refractivity contribution in [3.05, 3.63) is 64.7 Å². The average Bonchev–Trinajstić information content (AvgIpc) is 2.40. The molecule has 0 heterocycles. The van der Waals surface area contributed by atoms with Crippen molar-refractivity contribution >= 4 is 0 Å². The Balaban J connectivity index is 2.05. The SMILES string of the molecule is CNC(COc1cc(C)cc(C)c1)c1ccc(C)cc1. The van der Waals surface area contributed by atoms with Crippen LogP contribution in [0.4, 0.5) is 0 Å². The van der Waals surface area contributed by atoms with Crippen molar-refractivity contribution in [3.8, 4) is 5.75 Å². The van der Waals surface area contributed by atoms with E-state index in [1.54, 1.807) is 0 Å². The molecule has 0 amide bonds. The molecule has 0 spiro atoms. The Kier molecular flexibility index (Phi) is 4.80. The van der Waals surface area contributed by atoms with Crippen LogP contribution in [0.5, 0.6) is 5.75 Å². The second kappa shape index (κ2) is 6.58. The van der Waals surface area contributed by atoms with Crippen LogP contribution in [0.25, 0.3) is 0 Å². The predicted octanol–water partition coefficient (Wildman–Crippen LogP) is 3.95. The average molecular weight is 269 g/mol. The molecular weight excluding hydrogens is 246 g/mol. The van der Waals surface area contributed by atoms with Crippen LogP contribution in [-0.4, -0.2) is 13.7 Å². The molecule has 1 atom stereocenters. The van der Waals surface area contributed by atoms with Gasteiger partial charge in [-0.2, -0.15) is 0 Å². The predicted molar refractivity (Wildman–Crippen MR) is 84.4 cm³/mol. The van der Waals surface area contributed by atoms with E-state index >= 15 is 0 Å². The van der Waals surface area contributed by atoms with Gasteiger partial charge in [0.15, 0.2) is 0 Å². The molecular formula is C18H23NO. The highest BCUT2D eigenvalue weighted by molar-refractivity contribution is 5.33. The van der Waals surface area contributed by atoms with E-state index in [2.05, 4.69) is 68.6 Å². The third-order valence-electron chi connectivity index (χ3n) is 3.44. The van der Waals surface area contributed by atoms with Gasteiger partial charge in [0.1, 0.15) is 12.4 Å². The van der Waals surface area contributed by atoms with Gasteiger partial charge in [-0.05, 0) is 56.6 Å². The van der Waals surface area contributed by atoms with Crippen LogP contribution < -0.4 is 10.1 Å². The van der Waals surface area contributed by atoms with Gasteiger partial charge in [-0.15, -0.1) is 0 Å². The maximum Gasteiger partial charge on any atom is 0.119 e. The van der Waals surface area contributed by atoms with E-state index < -0.39 is 0 Å². The normalized spacial score (nSPS) is 12.2. The summed E-state index contributed by atoms with van der Waals surface area (Å²) in [6, 6.07) is 15.1. The molecule has 2 aromatic rings. The number of nitrogens with one attached hydrogen (secondary N) is 1. The number of benzene rings is 2. The minimum Gasteiger partial charge on any atom is -0.492 e. The van der Waals surface area contributed by atoms with Crippen molar-refractivity contribution in [1.29, 1.82) is 0 Å². The summed E-state index contributed by atoms with van der Waals surface area (Å²) < 4.78 is 5.94. The molecule has 0 fully saturated rings. The Morgan fingerprint density at radius 3 is 2.05 bits per heavy atom. The lowest BCUT2D eigenvalue weighted by atomic mass is 10.1. The van der Waals surface area contributed by atoms with Crippen LogP contribution in [0.2, 0.25) is 0 Å². The Morgan fingerprint density at radius 1 is 0.900 bits per heavy atom. The molecule has 106 valence electrons. The molecule has 0 aromatic heterocycles. The number of likely N-dealkylation sites (N-methyl/N-ethyl adjacent to an activating group) is 1. The van der Waals surface area contributed by atoms with Crippen molar-refractivity contribution in [2.75, 3.05) is 13.7 Å². The van der Waals surface area contributed by atoms with Crippen LogP contribution >= 0.6 is 0 Å². The summed E-state index contributed by atoms with van der Waals surface area (Å²) in [6.45, 7) is 6.91. The van der Waals surface area contributed by atoms with Crippen molar-refractivity contribution in [3.63, 3.8) is 0 Å². The molecule has 0 aliphatic heterocycles. The van der Waals surface area contributed by atoms with Crippen LogP contribution in [0.3, 0.4) is 0 Å². The van der Waals surface area contributed by atoms with Crippen LogP contribution in [-0.2, 0) is 0 Å². The van der Waals surface area contributed by atoms with E-state index in [4.69, 9.17) is 4.74 Å². The van der Waals surface area contributed by atoms with Crippen molar-refractivity contribution in [2.45, 2.75) is 26.8 Å². The minimum atomic E-state index is 0.205. The molecule has 2 rings (SSSR count). The Bertz CT molecular complexity index is 540. The van der Waals surface area contributed by atoms with Gasteiger partial charge < -0.3 is 10.1 Å². The van der Waals surface area contributed by atoms with Crippen LogP contribution in [0.1, 0.15) is 28.3 Å². The number of hydrogen-bond donors (Lipinski definition) is 1. The highest BCUT2D eigenvalue weighted by atomic mass is 16.5. The number of ether oxygens (including phenoxy) is 1. The molecule has 0 saturated carbocycles. The summed E-state index contributed by atoms with van der Waals surface area (Å²) in [5.74, 6) is 0.940. The lowest BCUT2D eigenvalue weighted by Crippen LogP contribution is -2.23. The first-order chi connectivity index (χ1) is 9.58. The quantitative estimate of drug-likeness (QED) is 0.887. The fourth-order valence-electron chi connectivity index (χ4n) is 2.34. The molecule has 0 aliphatic rings. The molecule has 2 aromatic carbocycles. The smallest absolute Gasteiger partial charge is 0.119 e. The van der Waals surface area contributed by atoms with Gasteiger partial charge in [-0.3, -0.25) is 0 Å². The number of hydrogen-bond acceptors (Lipinski definition) is 2. The molecule has 0 radical (unpaired) electrons. The highest BCUT2D eigenvalue weighted by Crippen LogP contribution is 2.19. The van der Waals surface area contributed by atoms with E-state index in [1.807, 2.05) is 7.05 Å². The van der Waals surface area contributed by atoms with Gasteiger partial charge in [0.2, 0.25) is 0 Å². The zero-order valence-corrected chi connectivity index (χ0v) is 12.7. The third kappa shape index (κ3) is 3.84. The molecule has 20 heavy (non-hydrogen) atoms. The first-order valence-electron chi connectivity index (χ1n) is 7.03. The van der Waals surface area contributed by atoms with E-state index in [-0.39, 0.29) is 6.04 Å². The lowest BCUT2D eigenvalue weighted by Gasteiger charge is -2.18. The van der Waals surface area contributed by atoms with Gasteiger partial charge in [0, 0.05) is 0 Å². The largest absolute Gasteiger partial charge is 0.492 e. The van der Waals surface area contributed by atoms with Crippen LogP contribution in [0, 0.1) is 20.8 Å². The third-order valence-corrected chi connectivity index (χ3v) is 3.44. The first kappa shape index (κ1) is 14.6.